The fraction of sp³-hybridized carbons (Fsp3) is 0.0870. The lowest BCUT2D eigenvalue weighted by Crippen LogP contribution is -2.30. The Bertz CT molecular complexity index is 937. The Morgan fingerprint density at radius 2 is 1.44 bits per heavy atom. The van der Waals surface area contributed by atoms with Gasteiger partial charge < -0.3 is 4.90 Å². The molecule has 0 bridgehead atoms. The molecule has 0 aliphatic carbocycles. The number of rotatable bonds is 3. The van der Waals surface area contributed by atoms with E-state index in [1.807, 2.05) is 30.3 Å². The third-order valence-corrected chi connectivity index (χ3v) is 4.61. The molecule has 1 unspecified atom stereocenters. The summed E-state index contributed by atoms with van der Waals surface area (Å²) >= 11 is 0. The van der Waals surface area contributed by atoms with E-state index in [9.17, 15) is 5.26 Å². The second kappa shape index (κ2) is 6.67. The van der Waals surface area contributed by atoms with Gasteiger partial charge in [-0.25, -0.2) is 0 Å². The highest BCUT2D eigenvalue weighted by molar-refractivity contribution is 5.93. The fourth-order valence-corrected chi connectivity index (χ4v) is 3.50. The molecule has 0 fully saturated rings. The molecule has 120 valence electrons. The summed E-state index contributed by atoms with van der Waals surface area (Å²) in [6, 6.07) is 31.5. The number of fused-ring (bicyclic) bond motifs is 1. The van der Waals surface area contributed by atoms with Crippen molar-refractivity contribution in [2.75, 3.05) is 4.90 Å². The minimum atomic E-state index is 0.00352. The largest absolute Gasteiger partial charge is 0.332 e. The lowest BCUT2D eigenvalue weighted by Gasteiger charge is -2.39. The first kappa shape index (κ1) is 15.2. The van der Waals surface area contributed by atoms with Gasteiger partial charge in [0.05, 0.1) is 18.5 Å². The zero-order valence-corrected chi connectivity index (χ0v) is 13.8. The molecule has 25 heavy (non-hydrogen) atoms. The molecule has 0 saturated heterocycles. The summed E-state index contributed by atoms with van der Waals surface area (Å²) in [5.74, 6) is 0. The van der Waals surface area contributed by atoms with Crippen LogP contribution in [-0.4, -0.2) is 0 Å². The minimum Gasteiger partial charge on any atom is -0.332 e. The van der Waals surface area contributed by atoms with Crippen LogP contribution in [0.5, 0.6) is 0 Å². The van der Waals surface area contributed by atoms with Crippen LogP contribution in [0.25, 0.3) is 11.8 Å². The zero-order chi connectivity index (χ0) is 17.1. The second-order valence-corrected chi connectivity index (χ2v) is 6.11. The van der Waals surface area contributed by atoms with Gasteiger partial charge in [0.25, 0.3) is 0 Å². The van der Waals surface area contributed by atoms with Gasteiger partial charge >= 0.3 is 0 Å². The maximum atomic E-state index is 9.47. The molecule has 4 rings (SSSR count). The van der Waals surface area contributed by atoms with Crippen LogP contribution >= 0.6 is 0 Å². The van der Waals surface area contributed by atoms with E-state index < -0.39 is 0 Å². The van der Waals surface area contributed by atoms with Crippen molar-refractivity contribution in [2.45, 2.75) is 12.5 Å². The van der Waals surface area contributed by atoms with Crippen LogP contribution in [0.2, 0.25) is 0 Å². The molecule has 3 aromatic carbocycles. The predicted molar refractivity (Wildman–Crippen MR) is 103 cm³/mol. The Morgan fingerprint density at radius 3 is 2.16 bits per heavy atom. The lowest BCUT2D eigenvalue weighted by molar-refractivity contribution is 0.713. The summed E-state index contributed by atoms with van der Waals surface area (Å²) in [6.45, 7) is 0. The maximum Gasteiger partial charge on any atom is 0.0727 e. The average Bonchev–Trinajstić information content (AvgIpc) is 2.69. The Balaban J connectivity index is 1.95. The van der Waals surface area contributed by atoms with Crippen LogP contribution in [0.15, 0.2) is 84.9 Å². The van der Waals surface area contributed by atoms with Crippen molar-refractivity contribution in [3.63, 3.8) is 0 Å². The molecule has 0 saturated carbocycles. The van der Waals surface area contributed by atoms with Crippen LogP contribution in [0.1, 0.15) is 29.2 Å². The van der Waals surface area contributed by atoms with Gasteiger partial charge in [-0.15, -0.1) is 0 Å². The summed E-state index contributed by atoms with van der Waals surface area (Å²) in [6.07, 6.45) is 2.67. The quantitative estimate of drug-likeness (QED) is 0.622. The molecule has 2 nitrogen and oxygen atoms in total. The van der Waals surface area contributed by atoms with E-state index in [2.05, 4.69) is 71.6 Å². The van der Waals surface area contributed by atoms with Crippen LogP contribution in [0.3, 0.4) is 0 Å². The van der Waals surface area contributed by atoms with Gasteiger partial charge in [0.15, 0.2) is 0 Å². The molecule has 1 heterocycles. The first-order chi connectivity index (χ1) is 12.4. The third kappa shape index (κ3) is 2.81. The van der Waals surface area contributed by atoms with Gasteiger partial charge in [0, 0.05) is 11.4 Å². The molecular formula is C23H18N2. The van der Waals surface area contributed by atoms with Gasteiger partial charge in [-0.3, -0.25) is 0 Å². The maximum absolute atomic E-state index is 9.47. The number of hydrogen-bond donors (Lipinski definition) is 0. The van der Waals surface area contributed by atoms with Crippen LogP contribution in [0.4, 0.5) is 5.69 Å². The smallest absolute Gasteiger partial charge is 0.0727 e. The summed E-state index contributed by atoms with van der Waals surface area (Å²) in [5, 5.41) is 9.47. The monoisotopic (exact) mass is 322 g/mol. The van der Waals surface area contributed by atoms with Crippen LogP contribution < -0.4 is 4.90 Å². The summed E-state index contributed by atoms with van der Waals surface area (Å²) in [7, 11) is 0. The van der Waals surface area contributed by atoms with Crippen molar-refractivity contribution < 1.29 is 0 Å². The third-order valence-electron chi connectivity index (χ3n) is 4.61. The number of hydrogen-bond acceptors (Lipinski definition) is 2. The van der Waals surface area contributed by atoms with E-state index >= 15 is 0 Å². The zero-order valence-electron chi connectivity index (χ0n) is 13.8. The Kier molecular flexibility index (Phi) is 4.06. The standard InChI is InChI=1S/C23H18N2/c24-16-15-22-21-14-8-7-11-19(21)17-23(18-9-3-1-4-10-18)25(22)20-12-5-2-6-13-20/h1-14,17,22H,15H2. The molecular weight excluding hydrogens is 304 g/mol. The Labute approximate surface area is 148 Å². The van der Waals surface area contributed by atoms with Crippen molar-refractivity contribution in [3.8, 4) is 6.07 Å². The average molecular weight is 322 g/mol. The molecule has 0 amide bonds. The molecule has 1 atom stereocenters. The van der Waals surface area contributed by atoms with Crippen molar-refractivity contribution in [1.82, 2.24) is 0 Å². The first-order valence-corrected chi connectivity index (χ1v) is 8.46. The highest BCUT2D eigenvalue weighted by atomic mass is 15.2. The summed E-state index contributed by atoms with van der Waals surface area (Å²) < 4.78 is 0. The fourth-order valence-electron chi connectivity index (χ4n) is 3.50. The van der Waals surface area contributed by atoms with Crippen LogP contribution in [-0.2, 0) is 0 Å². The van der Waals surface area contributed by atoms with E-state index in [-0.39, 0.29) is 6.04 Å². The van der Waals surface area contributed by atoms with E-state index in [4.69, 9.17) is 0 Å². The number of anilines is 1. The number of para-hydroxylation sites is 1. The summed E-state index contributed by atoms with van der Waals surface area (Å²) in [5.41, 5.74) is 5.78. The molecule has 1 aliphatic heterocycles. The molecule has 0 spiro atoms. The highest BCUT2D eigenvalue weighted by Crippen LogP contribution is 2.42. The normalized spacial score (nSPS) is 15.9. The van der Waals surface area contributed by atoms with Gasteiger partial charge in [0.1, 0.15) is 0 Å². The van der Waals surface area contributed by atoms with Crippen molar-refractivity contribution in [3.05, 3.63) is 102 Å². The first-order valence-electron chi connectivity index (χ1n) is 8.46. The van der Waals surface area contributed by atoms with Gasteiger partial charge in [-0.2, -0.15) is 5.26 Å². The van der Waals surface area contributed by atoms with Crippen molar-refractivity contribution in [1.29, 1.82) is 5.26 Å². The molecule has 2 heteroatoms. The van der Waals surface area contributed by atoms with E-state index in [1.165, 1.54) is 11.1 Å². The lowest BCUT2D eigenvalue weighted by atomic mass is 9.89. The minimum absolute atomic E-state index is 0.00352. The van der Waals surface area contributed by atoms with Gasteiger partial charge in [0.2, 0.25) is 0 Å². The molecule has 0 radical (unpaired) electrons. The van der Waals surface area contributed by atoms with E-state index in [1.54, 1.807) is 0 Å². The number of nitriles is 1. The van der Waals surface area contributed by atoms with Gasteiger partial charge in [-0.1, -0.05) is 72.8 Å². The topological polar surface area (TPSA) is 27.0 Å². The molecule has 3 aromatic rings. The van der Waals surface area contributed by atoms with Crippen molar-refractivity contribution in [2.24, 2.45) is 0 Å². The SMILES string of the molecule is N#CCC1c2ccccc2C=C(c2ccccc2)N1c1ccccc1. The molecule has 0 N–H and O–H groups in total. The molecule has 0 aromatic heterocycles. The van der Waals surface area contributed by atoms with E-state index in [0.29, 0.717) is 6.42 Å². The van der Waals surface area contributed by atoms with Crippen LogP contribution in [0, 0.1) is 11.3 Å². The Morgan fingerprint density at radius 1 is 0.800 bits per heavy atom. The second-order valence-electron chi connectivity index (χ2n) is 6.11. The number of benzene rings is 3. The predicted octanol–water partition coefficient (Wildman–Crippen LogP) is 5.66. The number of nitrogens with zero attached hydrogens (tertiary/aromatic N) is 2. The van der Waals surface area contributed by atoms with E-state index in [0.717, 1.165) is 16.9 Å². The van der Waals surface area contributed by atoms with Crippen molar-refractivity contribution >= 4 is 17.5 Å². The highest BCUT2D eigenvalue weighted by Gasteiger charge is 2.30. The Hall–Kier alpha value is -3.31. The molecule has 1 aliphatic rings. The van der Waals surface area contributed by atoms with Gasteiger partial charge in [-0.05, 0) is 34.9 Å². The summed E-state index contributed by atoms with van der Waals surface area (Å²) in [4.78, 5) is 2.29.